The monoisotopic (exact) mass is 342 g/mol. The van der Waals surface area contributed by atoms with Gasteiger partial charge in [-0.05, 0) is 30.5 Å². The summed E-state index contributed by atoms with van der Waals surface area (Å²) in [5.74, 6) is 0.544. The van der Waals surface area contributed by atoms with Gasteiger partial charge in [0.05, 0.1) is 17.9 Å². The Bertz CT molecular complexity index is 850. The number of hydrogen-bond donors (Lipinski definition) is 0. The molecule has 0 saturated heterocycles. The number of aromatic nitrogens is 2. The van der Waals surface area contributed by atoms with Crippen molar-refractivity contribution >= 4 is 23.2 Å². The number of rotatable bonds is 3. The molecule has 1 aromatic heterocycles. The predicted octanol–water partition coefficient (Wildman–Crippen LogP) is 5.21. The Kier molecular flexibility index (Phi) is 3.88. The largest absolute Gasteiger partial charge is 0.263 e. The normalized spacial score (nSPS) is 12.8. The molecular weight excluding hydrogens is 327 g/mol. The summed E-state index contributed by atoms with van der Waals surface area (Å²) in [6.07, 6.45) is 2.06. The molecule has 0 spiro atoms. The van der Waals surface area contributed by atoms with E-state index in [9.17, 15) is 0 Å². The summed E-state index contributed by atoms with van der Waals surface area (Å²) in [5.41, 5.74) is 7.35. The van der Waals surface area contributed by atoms with Gasteiger partial charge in [0.1, 0.15) is 0 Å². The van der Waals surface area contributed by atoms with Crippen molar-refractivity contribution in [2.75, 3.05) is 5.88 Å². The van der Waals surface area contributed by atoms with E-state index < -0.39 is 0 Å². The van der Waals surface area contributed by atoms with Gasteiger partial charge in [0.25, 0.3) is 0 Å². The third kappa shape index (κ3) is 2.56. The molecule has 116 valence electrons. The summed E-state index contributed by atoms with van der Waals surface area (Å²) in [6.45, 7) is 0.703. The van der Waals surface area contributed by atoms with E-state index in [0.29, 0.717) is 12.4 Å². The number of nitrogens with zero attached hydrogens (tertiary/aromatic N) is 2. The van der Waals surface area contributed by atoms with Crippen LogP contribution in [0.15, 0.2) is 48.5 Å². The number of alkyl halides is 1. The van der Waals surface area contributed by atoms with Gasteiger partial charge >= 0.3 is 0 Å². The number of fused-ring (bicyclic) bond motifs is 3. The molecule has 0 fully saturated rings. The van der Waals surface area contributed by atoms with Crippen LogP contribution in [0.3, 0.4) is 0 Å². The zero-order chi connectivity index (χ0) is 15.8. The van der Waals surface area contributed by atoms with E-state index in [-0.39, 0.29) is 0 Å². The highest BCUT2D eigenvalue weighted by Gasteiger charge is 2.25. The molecule has 0 amide bonds. The van der Waals surface area contributed by atoms with Crippen molar-refractivity contribution < 1.29 is 0 Å². The fraction of sp³-hybridized carbons (Fsp3) is 0.211. The van der Waals surface area contributed by atoms with Crippen molar-refractivity contribution in [3.63, 3.8) is 0 Å². The highest BCUT2D eigenvalue weighted by atomic mass is 35.5. The molecule has 23 heavy (non-hydrogen) atoms. The van der Waals surface area contributed by atoms with E-state index in [2.05, 4.69) is 36.4 Å². The van der Waals surface area contributed by atoms with E-state index in [4.69, 9.17) is 28.3 Å². The zero-order valence-corrected chi connectivity index (χ0v) is 14.1. The van der Waals surface area contributed by atoms with Crippen molar-refractivity contribution in [2.24, 2.45) is 0 Å². The summed E-state index contributed by atoms with van der Waals surface area (Å²) in [5, 5.41) is 5.63. The van der Waals surface area contributed by atoms with Crippen LogP contribution in [-0.2, 0) is 19.4 Å². The highest BCUT2D eigenvalue weighted by Crippen LogP contribution is 2.38. The molecule has 1 heterocycles. The molecule has 4 heteroatoms. The quantitative estimate of drug-likeness (QED) is 0.597. The molecule has 0 bridgehead atoms. The Morgan fingerprint density at radius 1 is 1.00 bits per heavy atom. The lowest BCUT2D eigenvalue weighted by Crippen LogP contribution is -2.04. The second kappa shape index (κ2) is 6.03. The van der Waals surface area contributed by atoms with Crippen LogP contribution >= 0.6 is 23.2 Å². The first-order chi connectivity index (χ1) is 11.3. The van der Waals surface area contributed by atoms with Gasteiger partial charge in [-0.25, -0.2) is 0 Å². The van der Waals surface area contributed by atoms with Gasteiger partial charge in [-0.1, -0.05) is 48.0 Å². The van der Waals surface area contributed by atoms with Gasteiger partial charge in [0.15, 0.2) is 0 Å². The number of hydrogen-bond acceptors (Lipinski definition) is 1. The van der Waals surface area contributed by atoms with E-state index in [1.807, 2.05) is 16.8 Å². The van der Waals surface area contributed by atoms with Gasteiger partial charge in [0, 0.05) is 27.6 Å². The minimum Gasteiger partial charge on any atom is -0.263 e. The summed E-state index contributed by atoms with van der Waals surface area (Å²) in [7, 11) is 0. The van der Waals surface area contributed by atoms with Crippen molar-refractivity contribution in [2.45, 2.75) is 19.4 Å². The molecular formula is C19H16Cl2N2. The smallest absolute Gasteiger partial charge is 0.0964 e. The molecule has 0 unspecified atom stereocenters. The van der Waals surface area contributed by atoms with E-state index in [1.54, 1.807) is 0 Å². The second-order valence-electron chi connectivity index (χ2n) is 5.75. The summed E-state index contributed by atoms with van der Waals surface area (Å²) >= 11 is 12.0. The summed E-state index contributed by atoms with van der Waals surface area (Å²) < 4.78 is 2.04. The highest BCUT2D eigenvalue weighted by molar-refractivity contribution is 6.30. The number of benzene rings is 2. The maximum atomic E-state index is 6.04. The Balaban J connectivity index is 1.93. The standard InChI is InChI=1S/C19H16Cl2N2/c20-11-12-23-19(14-5-8-15(21)9-6-14)17-10-7-13-3-1-2-4-16(13)18(17)22-23/h1-6,8-9H,7,10-12H2. The van der Waals surface area contributed by atoms with E-state index in [1.165, 1.54) is 22.4 Å². The lowest BCUT2D eigenvalue weighted by molar-refractivity contribution is 0.673. The zero-order valence-electron chi connectivity index (χ0n) is 12.6. The SMILES string of the molecule is ClCCn1nc2c(c1-c1ccc(Cl)cc1)CCc1ccccc1-2. The predicted molar refractivity (Wildman–Crippen MR) is 96.2 cm³/mol. The van der Waals surface area contributed by atoms with Crippen LogP contribution in [-0.4, -0.2) is 15.7 Å². The Morgan fingerprint density at radius 3 is 2.57 bits per heavy atom. The lowest BCUT2D eigenvalue weighted by Gasteiger charge is -2.16. The fourth-order valence-corrected chi connectivity index (χ4v) is 3.64. The molecule has 0 saturated carbocycles. The van der Waals surface area contributed by atoms with Crippen LogP contribution in [0.1, 0.15) is 11.1 Å². The van der Waals surface area contributed by atoms with Gasteiger partial charge in [-0.2, -0.15) is 5.10 Å². The minimum absolute atomic E-state index is 0.544. The molecule has 0 aliphatic heterocycles. The Labute approximate surface area is 145 Å². The number of aryl methyl sites for hydroxylation is 2. The van der Waals surface area contributed by atoms with E-state index >= 15 is 0 Å². The lowest BCUT2D eigenvalue weighted by atomic mass is 9.88. The Hall–Kier alpha value is -1.77. The van der Waals surface area contributed by atoms with Crippen molar-refractivity contribution in [3.05, 3.63) is 64.7 Å². The number of halogens is 2. The van der Waals surface area contributed by atoms with Crippen molar-refractivity contribution in [3.8, 4) is 22.5 Å². The molecule has 4 rings (SSSR count). The van der Waals surface area contributed by atoms with Crippen LogP contribution in [0.4, 0.5) is 0 Å². The minimum atomic E-state index is 0.544. The Morgan fingerprint density at radius 2 is 1.78 bits per heavy atom. The summed E-state index contributed by atoms with van der Waals surface area (Å²) in [4.78, 5) is 0. The molecule has 2 nitrogen and oxygen atoms in total. The molecule has 1 aliphatic rings. The first-order valence-corrected chi connectivity index (χ1v) is 8.69. The van der Waals surface area contributed by atoms with Crippen molar-refractivity contribution in [1.82, 2.24) is 9.78 Å². The first-order valence-electron chi connectivity index (χ1n) is 7.78. The van der Waals surface area contributed by atoms with Gasteiger partial charge in [-0.3, -0.25) is 4.68 Å². The third-order valence-electron chi connectivity index (χ3n) is 4.38. The maximum Gasteiger partial charge on any atom is 0.0964 e. The van der Waals surface area contributed by atoms with Crippen LogP contribution in [0, 0.1) is 0 Å². The second-order valence-corrected chi connectivity index (χ2v) is 6.57. The van der Waals surface area contributed by atoms with Gasteiger partial charge in [-0.15, -0.1) is 11.6 Å². The fourth-order valence-electron chi connectivity index (χ4n) is 3.35. The maximum absolute atomic E-state index is 6.04. The average Bonchev–Trinajstić information content (AvgIpc) is 2.95. The van der Waals surface area contributed by atoms with Gasteiger partial charge < -0.3 is 0 Å². The third-order valence-corrected chi connectivity index (χ3v) is 4.80. The first kappa shape index (κ1) is 14.8. The molecule has 1 aliphatic carbocycles. The van der Waals surface area contributed by atoms with Crippen molar-refractivity contribution in [1.29, 1.82) is 0 Å². The van der Waals surface area contributed by atoms with Crippen LogP contribution in [0.25, 0.3) is 22.5 Å². The molecule has 0 radical (unpaired) electrons. The molecule has 2 aromatic carbocycles. The molecule has 3 aromatic rings. The van der Waals surface area contributed by atoms with Crippen LogP contribution in [0.2, 0.25) is 5.02 Å². The van der Waals surface area contributed by atoms with Gasteiger partial charge in [0.2, 0.25) is 0 Å². The molecule has 0 atom stereocenters. The summed E-state index contributed by atoms with van der Waals surface area (Å²) in [6, 6.07) is 16.5. The average molecular weight is 343 g/mol. The topological polar surface area (TPSA) is 17.8 Å². The van der Waals surface area contributed by atoms with E-state index in [0.717, 1.165) is 29.1 Å². The van der Waals surface area contributed by atoms with Crippen LogP contribution < -0.4 is 0 Å². The van der Waals surface area contributed by atoms with Crippen LogP contribution in [0.5, 0.6) is 0 Å². The molecule has 0 N–H and O–H groups in total.